The Morgan fingerprint density at radius 1 is 1.43 bits per heavy atom. The Morgan fingerprint density at radius 2 is 2.14 bits per heavy atom. The van der Waals surface area contributed by atoms with Crippen molar-refractivity contribution in [2.24, 2.45) is 12.8 Å². The molecule has 0 spiro atoms. The molecule has 0 radical (unpaired) electrons. The molecule has 0 aliphatic rings. The van der Waals surface area contributed by atoms with E-state index in [0.717, 1.165) is 22.0 Å². The highest BCUT2D eigenvalue weighted by atomic mass is 16.3. The summed E-state index contributed by atoms with van der Waals surface area (Å²) in [7, 11) is 1.91. The predicted molar refractivity (Wildman–Crippen MR) is 57.2 cm³/mol. The third-order valence-corrected chi connectivity index (χ3v) is 2.50. The summed E-state index contributed by atoms with van der Waals surface area (Å²) in [6.45, 7) is 2.46. The van der Waals surface area contributed by atoms with Gasteiger partial charge in [0.25, 0.3) is 0 Å². The molecule has 3 heteroatoms. The normalized spacial score (nSPS) is 11.1. The SMILES string of the molecule is Cc1cc(O)c2c(c1)c(CN)cn2C. The topological polar surface area (TPSA) is 51.2 Å². The second kappa shape index (κ2) is 3.03. The fraction of sp³-hybridized carbons (Fsp3) is 0.273. The van der Waals surface area contributed by atoms with Crippen LogP contribution >= 0.6 is 0 Å². The second-order valence-electron chi connectivity index (χ2n) is 3.65. The maximum Gasteiger partial charge on any atom is 0.140 e. The smallest absolute Gasteiger partial charge is 0.140 e. The molecular formula is C11H14N2O. The van der Waals surface area contributed by atoms with Gasteiger partial charge in [-0.3, -0.25) is 0 Å². The summed E-state index contributed by atoms with van der Waals surface area (Å²) in [5.41, 5.74) is 8.61. The van der Waals surface area contributed by atoms with Crippen LogP contribution in [-0.4, -0.2) is 9.67 Å². The van der Waals surface area contributed by atoms with Crippen LogP contribution in [0.25, 0.3) is 10.9 Å². The van der Waals surface area contributed by atoms with Crippen LogP contribution in [0.2, 0.25) is 0 Å². The molecule has 74 valence electrons. The Morgan fingerprint density at radius 3 is 2.79 bits per heavy atom. The Bertz CT molecular complexity index is 485. The van der Waals surface area contributed by atoms with Crippen molar-refractivity contribution in [2.75, 3.05) is 0 Å². The standard InChI is InChI=1S/C11H14N2O/c1-7-3-9-8(5-12)6-13(2)11(9)10(14)4-7/h3-4,6,14H,5,12H2,1-2H3. The highest BCUT2D eigenvalue weighted by molar-refractivity contribution is 5.89. The summed E-state index contributed by atoms with van der Waals surface area (Å²) in [5, 5.41) is 10.8. The first kappa shape index (κ1) is 9.09. The summed E-state index contributed by atoms with van der Waals surface area (Å²) in [4.78, 5) is 0. The molecule has 3 nitrogen and oxygen atoms in total. The van der Waals surface area contributed by atoms with E-state index in [1.807, 2.05) is 24.7 Å². The van der Waals surface area contributed by atoms with Gasteiger partial charge in [-0.15, -0.1) is 0 Å². The van der Waals surface area contributed by atoms with E-state index in [0.29, 0.717) is 12.3 Å². The molecular weight excluding hydrogens is 176 g/mol. The zero-order chi connectivity index (χ0) is 10.3. The van der Waals surface area contributed by atoms with Crippen LogP contribution in [0.1, 0.15) is 11.1 Å². The average Bonchev–Trinajstić information content (AvgIpc) is 2.42. The summed E-state index contributed by atoms with van der Waals surface area (Å²) >= 11 is 0. The number of phenols is 1. The molecule has 0 aliphatic carbocycles. The third-order valence-electron chi connectivity index (χ3n) is 2.50. The van der Waals surface area contributed by atoms with Crippen molar-refractivity contribution in [3.8, 4) is 5.75 Å². The molecule has 0 amide bonds. The molecule has 0 atom stereocenters. The van der Waals surface area contributed by atoms with Gasteiger partial charge in [-0.2, -0.15) is 0 Å². The maximum atomic E-state index is 9.78. The van der Waals surface area contributed by atoms with E-state index >= 15 is 0 Å². The van der Waals surface area contributed by atoms with Gasteiger partial charge < -0.3 is 15.4 Å². The number of aryl methyl sites for hydroxylation is 2. The van der Waals surface area contributed by atoms with Crippen LogP contribution in [-0.2, 0) is 13.6 Å². The molecule has 1 aromatic heterocycles. The van der Waals surface area contributed by atoms with Gasteiger partial charge in [0.15, 0.2) is 0 Å². The third kappa shape index (κ3) is 1.17. The van der Waals surface area contributed by atoms with Crippen LogP contribution in [0.4, 0.5) is 0 Å². The number of rotatable bonds is 1. The van der Waals surface area contributed by atoms with Crippen LogP contribution in [0, 0.1) is 6.92 Å². The van der Waals surface area contributed by atoms with Crippen molar-refractivity contribution >= 4 is 10.9 Å². The van der Waals surface area contributed by atoms with Crippen molar-refractivity contribution in [2.45, 2.75) is 13.5 Å². The molecule has 3 N–H and O–H groups in total. The molecule has 1 heterocycles. The van der Waals surface area contributed by atoms with Crippen molar-refractivity contribution in [3.63, 3.8) is 0 Å². The number of aromatic nitrogens is 1. The van der Waals surface area contributed by atoms with Gasteiger partial charge in [0.1, 0.15) is 5.75 Å². The largest absolute Gasteiger partial charge is 0.506 e. The lowest BCUT2D eigenvalue weighted by atomic mass is 10.1. The number of hydrogen-bond acceptors (Lipinski definition) is 2. The van der Waals surface area contributed by atoms with Gasteiger partial charge >= 0.3 is 0 Å². The van der Waals surface area contributed by atoms with E-state index in [2.05, 4.69) is 6.07 Å². The first-order valence-corrected chi connectivity index (χ1v) is 4.61. The zero-order valence-electron chi connectivity index (χ0n) is 8.41. The van der Waals surface area contributed by atoms with E-state index in [9.17, 15) is 5.11 Å². The number of phenolic OH excluding ortho intramolecular Hbond substituents is 1. The average molecular weight is 190 g/mol. The fourth-order valence-corrected chi connectivity index (χ4v) is 1.91. The molecule has 0 bridgehead atoms. The van der Waals surface area contributed by atoms with Crippen molar-refractivity contribution < 1.29 is 5.11 Å². The van der Waals surface area contributed by atoms with E-state index < -0.39 is 0 Å². The summed E-state index contributed by atoms with van der Waals surface area (Å²) in [5.74, 6) is 0.321. The monoisotopic (exact) mass is 190 g/mol. The predicted octanol–water partition coefficient (Wildman–Crippen LogP) is 1.65. The lowest BCUT2D eigenvalue weighted by Gasteiger charge is -2.01. The Kier molecular flexibility index (Phi) is 1.97. The van der Waals surface area contributed by atoms with Crippen molar-refractivity contribution in [1.29, 1.82) is 0 Å². The Balaban J connectivity index is 2.89. The van der Waals surface area contributed by atoms with Crippen LogP contribution < -0.4 is 5.73 Å². The summed E-state index contributed by atoms with van der Waals surface area (Å²) in [6.07, 6.45) is 1.96. The van der Waals surface area contributed by atoms with E-state index in [1.54, 1.807) is 6.07 Å². The minimum Gasteiger partial charge on any atom is -0.506 e. The van der Waals surface area contributed by atoms with Gasteiger partial charge in [-0.25, -0.2) is 0 Å². The van der Waals surface area contributed by atoms with E-state index in [-0.39, 0.29) is 0 Å². The molecule has 2 rings (SSSR count). The minimum absolute atomic E-state index is 0.321. The van der Waals surface area contributed by atoms with Gasteiger partial charge in [-0.1, -0.05) is 0 Å². The quantitative estimate of drug-likeness (QED) is 0.718. The number of benzene rings is 1. The number of aromatic hydroxyl groups is 1. The highest BCUT2D eigenvalue weighted by Crippen LogP contribution is 2.29. The van der Waals surface area contributed by atoms with Crippen LogP contribution in [0.5, 0.6) is 5.75 Å². The Hall–Kier alpha value is -1.48. The molecule has 0 fully saturated rings. The van der Waals surface area contributed by atoms with Gasteiger partial charge in [0.2, 0.25) is 0 Å². The maximum absolute atomic E-state index is 9.78. The van der Waals surface area contributed by atoms with Crippen LogP contribution in [0.3, 0.4) is 0 Å². The highest BCUT2D eigenvalue weighted by Gasteiger charge is 2.09. The molecule has 0 saturated carbocycles. The lowest BCUT2D eigenvalue weighted by Crippen LogP contribution is -1.94. The molecule has 0 saturated heterocycles. The van der Waals surface area contributed by atoms with Crippen molar-refractivity contribution in [1.82, 2.24) is 4.57 Å². The molecule has 0 aliphatic heterocycles. The zero-order valence-corrected chi connectivity index (χ0v) is 8.41. The molecule has 2 aromatic rings. The summed E-state index contributed by atoms with van der Waals surface area (Å²) < 4.78 is 1.91. The first-order chi connectivity index (χ1) is 6.63. The minimum atomic E-state index is 0.321. The fourth-order valence-electron chi connectivity index (χ4n) is 1.91. The number of nitrogens with two attached hydrogens (primary N) is 1. The number of nitrogens with zero attached hydrogens (tertiary/aromatic N) is 1. The van der Waals surface area contributed by atoms with Crippen molar-refractivity contribution in [3.05, 3.63) is 29.5 Å². The van der Waals surface area contributed by atoms with Crippen LogP contribution in [0.15, 0.2) is 18.3 Å². The molecule has 1 aromatic carbocycles. The van der Waals surface area contributed by atoms with Gasteiger partial charge in [-0.05, 0) is 30.2 Å². The lowest BCUT2D eigenvalue weighted by molar-refractivity contribution is 0.478. The molecule has 0 unspecified atom stereocenters. The van der Waals surface area contributed by atoms with E-state index in [1.165, 1.54) is 0 Å². The van der Waals surface area contributed by atoms with E-state index in [4.69, 9.17) is 5.73 Å². The second-order valence-corrected chi connectivity index (χ2v) is 3.65. The van der Waals surface area contributed by atoms with Gasteiger partial charge in [0.05, 0.1) is 5.52 Å². The Labute approximate surface area is 82.8 Å². The number of hydrogen-bond donors (Lipinski definition) is 2. The molecule has 14 heavy (non-hydrogen) atoms. The van der Waals surface area contributed by atoms with Gasteiger partial charge in [0, 0.05) is 25.2 Å². The first-order valence-electron chi connectivity index (χ1n) is 4.61. The number of fused-ring (bicyclic) bond motifs is 1. The summed E-state index contributed by atoms with van der Waals surface area (Å²) in [6, 6.07) is 3.82.